The molecule has 1 heterocycles. The Morgan fingerprint density at radius 3 is 2.17 bits per heavy atom. The van der Waals surface area contributed by atoms with Crippen molar-refractivity contribution < 1.29 is 9.53 Å². The minimum absolute atomic E-state index is 0.145. The molecule has 202 valence electrons. The number of rotatable bonds is 9. The Morgan fingerprint density at radius 1 is 0.850 bits per heavy atom. The van der Waals surface area contributed by atoms with Crippen LogP contribution in [-0.4, -0.2) is 27.5 Å². The van der Waals surface area contributed by atoms with E-state index < -0.39 is 6.04 Å². The number of methoxy groups -OCH3 is 1. The van der Waals surface area contributed by atoms with E-state index in [1.54, 1.807) is 42.0 Å². The van der Waals surface area contributed by atoms with Crippen LogP contribution in [-0.2, 0) is 13.0 Å². The van der Waals surface area contributed by atoms with Gasteiger partial charge in [0, 0.05) is 12.1 Å². The minimum Gasteiger partial charge on any atom is -0.497 e. The summed E-state index contributed by atoms with van der Waals surface area (Å²) >= 11 is 0. The number of nitrogens with zero attached hydrogens (tertiary/aromatic N) is 3. The first kappa shape index (κ1) is 26.9. The molecule has 0 radical (unpaired) electrons. The molecule has 0 N–H and O–H groups in total. The topological polar surface area (TPSA) is 64.4 Å². The largest absolute Gasteiger partial charge is 0.497 e. The van der Waals surface area contributed by atoms with Gasteiger partial charge >= 0.3 is 0 Å². The lowest BCUT2D eigenvalue weighted by Gasteiger charge is -2.32. The quantitative estimate of drug-likeness (QED) is 0.211. The highest BCUT2D eigenvalue weighted by molar-refractivity contribution is 5.94. The van der Waals surface area contributed by atoms with E-state index in [4.69, 9.17) is 9.72 Å². The average molecular weight is 532 g/mol. The molecule has 4 aromatic carbocycles. The lowest BCUT2D eigenvalue weighted by atomic mass is 10.1. The van der Waals surface area contributed by atoms with E-state index in [2.05, 4.69) is 6.92 Å². The maximum absolute atomic E-state index is 14.2. The van der Waals surface area contributed by atoms with Crippen LogP contribution >= 0.6 is 0 Å². The zero-order chi connectivity index (χ0) is 28.1. The molecule has 1 atom stereocenters. The molecule has 0 aliphatic rings. The number of fused-ring (bicyclic) bond motifs is 1. The Labute approximate surface area is 234 Å². The lowest BCUT2D eigenvalue weighted by molar-refractivity contribution is 0.0640. The molecular formula is C34H33N3O3. The summed E-state index contributed by atoms with van der Waals surface area (Å²) in [5, 5.41) is 0.539. The van der Waals surface area contributed by atoms with Crippen LogP contribution in [0.5, 0.6) is 5.75 Å². The average Bonchev–Trinajstić information content (AvgIpc) is 3.01. The molecular weight excluding hydrogens is 498 g/mol. The fraction of sp³-hybridized carbons (Fsp3) is 0.206. The van der Waals surface area contributed by atoms with Gasteiger partial charge in [0.2, 0.25) is 0 Å². The van der Waals surface area contributed by atoms with E-state index in [0.717, 1.165) is 17.7 Å². The number of hydrogen-bond donors (Lipinski definition) is 0. The molecule has 6 nitrogen and oxygen atoms in total. The van der Waals surface area contributed by atoms with Gasteiger partial charge in [0.25, 0.3) is 11.5 Å². The van der Waals surface area contributed by atoms with E-state index in [9.17, 15) is 9.59 Å². The van der Waals surface area contributed by atoms with Gasteiger partial charge in [-0.2, -0.15) is 0 Å². The number of amides is 1. The lowest BCUT2D eigenvalue weighted by Crippen LogP contribution is -2.38. The molecule has 0 spiro atoms. The third kappa shape index (κ3) is 5.38. The van der Waals surface area contributed by atoms with Crippen molar-refractivity contribution >= 4 is 16.8 Å². The van der Waals surface area contributed by atoms with Gasteiger partial charge in [0.05, 0.1) is 29.7 Å². The smallest absolute Gasteiger partial charge is 0.266 e. The van der Waals surface area contributed by atoms with Crippen LogP contribution in [0.3, 0.4) is 0 Å². The molecule has 1 aromatic heterocycles. The van der Waals surface area contributed by atoms with Gasteiger partial charge in [-0.15, -0.1) is 0 Å². The molecule has 0 aliphatic carbocycles. The number of aromatic nitrogens is 2. The highest BCUT2D eigenvalue weighted by atomic mass is 16.5. The minimum atomic E-state index is -0.474. The third-order valence-corrected chi connectivity index (χ3v) is 7.26. The number of carbonyl (C=O) groups excluding carboxylic acids is 1. The molecule has 1 unspecified atom stereocenters. The van der Waals surface area contributed by atoms with E-state index in [-0.39, 0.29) is 11.5 Å². The summed E-state index contributed by atoms with van der Waals surface area (Å²) < 4.78 is 6.98. The van der Waals surface area contributed by atoms with Gasteiger partial charge < -0.3 is 9.64 Å². The van der Waals surface area contributed by atoms with Crippen LogP contribution < -0.4 is 10.3 Å². The second kappa shape index (κ2) is 12.0. The highest BCUT2D eigenvalue weighted by Crippen LogP contribution is 2.29. The summed E-state index contributed by atoms with van der Waals surface area (Å²) in [7, 11) is 1.60. The van der Waals surface area contributed by atoms with Crippen molar-refractivity contribution in [2.24, 2.45) is 0 Å². The number of hydrogen-bond acceptors (Lipinski definition) is 4. The Morgan fingerprint density at radius 2 is 1.52 bits per heavy atom. The normalized spacial score (nSPS) is 11.8. The molecule has 6 heteroatoms. The monoisotopic (exact) mass is 531 g/mol. The molecule has 0 saturated heterocycles. The van der Waals surface area contributed by atoms with Crippen molar-refractivity contribution in [2.75, 3.05) is 7.11 Å². The fourth-order valence-corrected chi connectivity index (χ4v) is 5.05. The first-order valence-corrected chi connectivity index (χ1v) is 13.6. The molecule has 40 heavy (non-hydrogen) atoms. The predicted molar refractivity (Wildman–Crippen MR) is 159 cm³/mol. The Kier molecular flexibility index (Phi) is 8.06. The first-order valence-electron chi connectivity index (χ1n) is 13.6. The maximum Gasteiger partial charge on any atom is 0.266 e. The summed E-state index contributed by atoms with van der Waals surface area (Å²) in [5.74, 6) is 1.07. The third-order valence-electron chi connectivity index (χ3n) is 7.26. The zero-order valence-electron chi connectivity index (χ0n) is 23.1. The van der Waals surface area contributed by atoms with Gasteiger partial charge in [0.15, 0.2) is 0 Å². The van der Waals surface area contributed by atoms with Crippen LogP contribution in [0.15, 0.2) is 108 Å². The Balaban J connectivity index is 1.71. The van der Waals surface area contributed by atoms with Crippen molar-refractivity contribution in [1.29, 1.82) is 0 Å². The SMILES string of the molecule is CCc1ccc(-n2c(C(CC)N(Cc3ccccc3)C(=O)c3ccc(OC)cc3)nc3ccccc3c2=O)cc1. The van der Waals surface area contributed by atoms with Crippen molar-refractivity contribution in [3.8, 4) is 11.4 Å². The first-order chi connectivity index (χ1) is 19.5. The van der Waals surface area contributed by atoms with Crippen LogP contribution in [0.2, 0.25) is 0 Å². The van der Waals surface area contributed by atoms with Gasteiger partial charge in [-0.05, 0) is 72.5 Å². The van der Waals surface area contributed by atoms with Gasteiger partial charge in [-0.1, -0.05) is 68.4 Å². The number of benzene rings is 4. The Hall–Kier alpha value is -4.71. The van der Waals surface area contributed by atoms with E-state index >= 15 is 0 Å². The predicted octanol–water partition coefficient (Wildman–Crippen LogP) is 6.75. The fourth-order valence-electron chi connectivity index (χ4n) is 5.05. The van der Waals surface area contributed by atoms with Crippen LogP contribution in [0.1, 0.15) is 53.6 Å². The molecule has 0 saturated carbocycles. The van der Waals surface area contributed by atoms with E-state index in [0.29, 0.717) is 41.0 Å². The molecule has 5 rings (SSSR count). The summed E-state index contributed by atoms with van der Waals surface area (Å²) in [6.45, 7) is 4.49. The van der Waals surface area contributed by atoms with Crippen LogP contribution in [0.25, 0.3) is 16.6 Å². The van der Waals surface area contributed by atoms with Gasteiger partial charge in [0.1, 0.15) is 11.6 Å². The second-order valence-corrected chi connectivity index (χ2v) is 9.72. The number of ether oxygens (including phenoxy) is 1. The molecule has 0 aliphatic heterocycles. The zero-order valence-corrected chi connectivity index (χ0v) is 23.1. The van der Waals surface area contributed by atoms with Crippen LogP contribution in [0, 0.1) is 0 Å². The van der Waals surface area contributed by atoms with Crippen molar-refractivity contribution in [1.82, 2.24) is 14.5 Å². The standard InChI is InChI=1S/C34H33N3O3/c1-4-24-15-19-27(20-16-24)37-32(35-30-14-10-9-13-29(30)34(37)39)31(5-2)36(23-25-11-7-6-8-12-25)33(38)26-17-21-28(40-3)22-18-26/h6-22,31H,4-5,23H2,1-3H3. The number of carbonyl (C=O) groups is 1. The molecule has 1 amide bonds. The highest BCUT2D eigenvalue weighted by Gasteiger charge is 2.30. The van der Waals surface area contributed by atoms with Crippen molar-refractivity contribution in [2.45, 2.75) is 39.3 Å². The summed E-state index contributed by atoms with van der Waals surface area (Å²) in [4.78, 5) is 35.1. The molecule has 0 fully saturated rings. The summed E-state index contributed by atoms with van der Waals surface area (Å²) in [6.07, 6.45) is 1.46. The van der Waals surface area contributed by atoms with Crippen molar-refractivity contribution in [3.05, 3.63) is 136 Å². The molecule has 0 bridgehead atoms. The van der Waals surface area contributed by atoms with Crippen LogP contribution in [0.4, 0.5) is 0 Å². The maximum atomic E-state index is 14.2. The van der Waals surface area contributed by atoms with Gasteiger partial charge in [-0.25, -0.2) is 4.98 Å². The van der Waals surface area contributed by atoms with Gasteiger partial charge in [-0.3, -0.25) is 14.2 Å². The van der Waals surface area contributed by atoms with E-state index in [1.807, 2.05) is 84.6 Å². The molecule has 5 aromatic rings. The Bertz CT molecular complexity index is 1660. The van der Waals surface area contributed by atoms with E-state index in [1.165, 1.54) is 5.56 Å². The second-order valence-electron chi connectivity index (χ2n) is 9.72. The summed E-state index contributed by atoms with van der Waals surface area (Å²) in [6, 6.07) is 31.9. The number of para-hydroxylation sites is 1. The summed E-state index contributed by atoms with van der Waals surface area (Å²) in [5.41, 5.74) is 3.89. The van der Waals surface area contributed by atoms with Crippen molar-refractivity contribution in [3.63, 3.8) is 0 Å². The number of aryl methyl sites for hydroxylation is 1.